The molecule has 0 saturated carbocycles. The number of rotatable bonds is 2. The third-order valence-electron chi connectivity index (χ3n) is 2.58. The molecule has 0 aliphatic rings. The first-order valence-electron chi connectivity index (χ1n) is 5.15. The molecule has 0 aliphatic heterocycles. The van der Waals surface area contributed by atoms with Crippen molar-refractivity contribution in [1.82, 2.24) is 25.2 Å². The van der Waals surface area contributed by atoms with Crippen molar-refractivity contribution in [3.05, 3.63) is 46.9 Å². The molecule has 17 heavy (non-hydrogen) atoms. The van der Waals surface area contributed by atoms with Crippen LogP contribution in [0.5, 0.6) is 0 Å². The molecule has 84 valence electrons. The van der Waals surface area contributed by atoms with Crippen LogP contribution in [0, 0.1) is 4.77 Å². The first kappa shape index (κ1) is 10.1. The zero-order valence-corrected chi connectivity index (χ0v) is 9.68. The van der Waals surface area contributed by atoms with E-state index in [1.54, 1.807) is 10.9 Å². The second-order valence-electron chi connectivity index (χ2n) is 3.66. The number of hydrogen-bond donors (Lipinski definition) is 1. The maximum atomic E-state index is 5.04. The monoisotopic (exact) mass is 243 g/mol. The molecule has 0 saturated heterocycles. The van der Waals surface area contributed by atoms with Crippen molar-refractivity contribution in [3.63, 3.8) is 0 Å². The molecule has 0 atom stereocenters. The number of pyridine rings is 1. The van der Waals surface area contributed by atoms with Gasteiger partial charge in [0.15, 0.2) is 0 Å². The third kappa shape index (κ3) is 1.83. The summed E-state index contributed by atoms with van der Waals surface area (Å²) in [5, 5.41) is 11.3. The van der Waals surface area contributed by atoms with Crippen LogP contribution in [0.1, 0.15) is 5.56 Å². The Balaban J connectivity index is 2.12. The van der Waals surface area contributed by atoms with Crippen molar-refractivity contribution in [2.45, 2.75) is 6.54 Å². The van der Waals surface area contributed by atoms with Crippen molar-refractivity contribution in [2.24, 2.45) is 0 Å². The maximum absolute atomic E-state index is 5.04. The number of hydrogen-bond acceptors (Lipinski definition) is 4. The Morgan fingerprint density at radius 2 is 2.12 bits per heavy atom. The minimum absolute atomic E-state index is 0.443. The predicted molar refractivity (Wildman–Crippen MR) is 66.1 cm³/mol. The van der Waals surface area contributed by atoms with Gasteiger partial charge in [0, 0.05) is 11.6 Å². The normalized spacial score (nSPS) is 10.8. The lowest BCUT2D eigenvalue weighted by Crippen LogP contribution is -2.03. The summed E-state index contributed by atoms with van der Waals surface area (Å²) in [4.78, 5) is 4.39. The van der Waals surface area contributed by atoms with E-state index in [1.165, 1.54) is 0 Å². The van der Waals surface area contributed by atoms with Gasteiger partial charge in [0.2, 0.25) is 4.77 Å². The number of tetrazole rings is 1. The molecular weight excluding hydrogens is 234 g/mol. The predicted octanol–water partition coefficient (Wildman–Crippen LogP) is 1.93. The summed E-state index contributed by atoms with van der Waals surface area (Å²) < 4.78 is 2.15. The number of fused-ring (bicyclic) bond motifs is 1. The molecule has 1 aromatic carbocycles. The standard InChI is InChI=1S/C11H9N5S/c17-11-13-14-15-16(11)7-9-4-1-3-8-5-2-6-12-10(8)9/h1-6H,7H2,(H,13,15,17). The Bertz CT molecular complexity index is 709. The summed E-state index contributed by atoms with van der Waals surface area (Å²) in [6.45, 7) is 0.597. The Morgan fingerprint density at radius 3 is 2.94 bits per heavy atom. The first-order chi connectivity index (χ1) is 8.34. The molecular formula is C11H9N5S. The number of benzene rings is 1. The van der Waals surface area contributed by atoms with Gasteiger partial charge in [-0.1, -0.05) is 34.6 Å². The summed E-state index contributed by atoms with van der Waals surface area (Å²) in [6.07, 6.45) is 1.79. The van der Waals surface area contributed by atoms with E-state index < -0.39 is 0 Å². The molecule has 1 N–H and O–H groups in total. The van der Waals surface area contributed by atoms with Crippen LogP contribution in [-0.4, -0.2) is 25.2 Å². The Labute approximate surface area is 102 Å². The summed E-state index contributed by atoms with van der Waals surface area (Å²) in [5.41, 5.74) is 2.07. The lowest BCUT2D eigenvalue weighted by Gasteiger charge is -2.05. The zero-order valence-electron chi connectivity index (χ0n) is 8.87. The van der Waals surface area contributed by atoms with Gasteiger partial charge in [-0.2, -0.15) is 5.21 Å². The number of nitrogens with one attached hydrogen (secondary N) is 1. The molecule has 2 aromatic heterocycles. The van der Waals surface area contributed by atoms with Gasteiger partial charge in [-0.05, 0) is 23.8 Å². The second kappa shape index (κ2) is 4.06. The molecule has 0 spiro atoms. The highest BCUT2D eigenvalue weighted by molar-refractivity contribution is 7.71. The van der Waals surface area contributed by atoms with Crippen molar-refractivity contribution < 1.29 is 0 Å². The quantitative estimate of drug-likeness (QED) is 0.699. The van der Waals surface area contributed by atoms with Crippen LogP contribution in [-0.2, 0) is 6.54 Å². The van der Waals surface area contributed by atoms with Gasteiger partial charge in [-0.25, -0.2) is 4.68 Å². The maximum Gasteiger partial charge on any atom is 0.238 e. The third-order valence-corrected chi connectivity index (χ3v) is 2.88. The fourth-order valence-electron chi connectivity index (χ4n) is 1.78. The fraction of sp³-hybridized carbons (Fsp3) is 0.0909. The van der Waals surface area contributed by atoms with Crippen LogP contribution < -0.4 is 0 Å². The number of H-pyrrole nitrogens is 1. The number of para-hydroxylation sites is 1. The molecule has 6 heteroatoms. The van der Waals surface area contributed by atoms with E-state index in [0.717, 1.165) is 16.5 Å². The van der Waals surface area contributed by atoms with Gasteiger partial charge in [-0.15, -0.1) is 0 Å². The minimum Gasteiger partial charge on any atom is -0.256 e. The van der Waals surface area contributed by atoms with Crippen molar-refractivity contribution >= 4 is 23.1 Å². The van der Waals surface area contributed by atoms with Gasteiger partial charge in [0.05, 0.1) is 12.1 Å². The molecule has 0 unspecified atom stereocenters. The Kier molecular flexibility index (Phi) is 2.41. The second-order valence-corrected chi connectivity index (χ2v) is 4.03. The van der Waals surface area contributed by atoms with Crippen LogP contribution in [0.4, 0.5) is 0 Å². The largest absolute Gasteiger partial charge is 0.256 e. The molecule has 0 fully saturated rings. The lowest BCUT2D eigenvalue weighted by atomic mass is 10.1. The number of aromatic amines is 1. The van der Waals surface area contributed by atoms with E-state index in [2.05, 4.69) is 20.5 Å². The summed E-state index contributed by atoms with van der Waals surface area (Å²) in [5.74, 6) is 0. The van der Waals surface area contributed by atoms with E-state index in [4.69, 9.17) is 12.2 Å². The highest BCUT2D eigenvalue weighted by Gasteiger charge is 2.03. The summed E-state index contributed by atoms with van der Waals surface area (Å²) in [7, 11) is 0. The Morgan fingerprint density at radius 1 is 1.24 bits per heavy atom. The zero-order chi connectivity index (χ0) is 11.7. The van der Waals surface area contributed by atoms with Crippen LogP contribution >= 0.6 is 12.2 Å². The molecule has 0 bridgehead atoms. The average Bonchev–Trinajstić information content (AvgIpc) is 2.76. The molecule has 3 aromatic rings. The molecule has 0 radical (unpaired) electrons. The van der Waals surface area contributed by atoms with Crippen LogP contribution in [0.15, 0.2) is 36.5 Å². The molecule has 0 amide bonds. The summed E-state index contributed by atoms with van der Waals surface area (Å²) in [6, 6.07) is 10.0. The van der Waals surface area contributed by atoms with Crippen molar-refractivity contribution in [3.8, 4) is 0 Å². The smallest absolute Gasteiger partial charge is 0.238 e. The van der Waals surface area contributed by atoms with Crippen LogP contribution in [0.25, 0.3) is 10.9 Å². The number of nitrogens with zero attached hydrogens (tertiary/aromatic N) is 4. The molecule has 2 heterocycles. The van der Waals surface area contributed by atoms with Gasteiger partial charge < -0.3 is 0 Å². The SMILES string of the molecule is S=c1nn[nH]n1Cc1cccc2cccnc12. The van der Waals surface area contributed by atoms with Crippen LogP contribution in [0.2, 0.25) is 0 Å². The average molecular weight is 243 g/mol. The van der Waals surface area contributed by atoms with E-state index >= 15 is 0 Å². The number of aromatic nitrogens is 5. The topological polar surface area (TPSA) is 59.4 Å². The fourth-order valence-corrected chi connectivity index (χ4v) is 1.93. The minimum atomic E-state index is 0.443. The highest BCUT2D eigenvalue weighted by atomic mass is 32.1. The molecule has 3 rings (SSSR count). The van der Waals surface area contributed by atoms with Gasteiger partial charge in [0.1, 0.15) is 0 Å². The van der Waals surface area contributed by atoms with Crippen molar-refractivity contribution in [2.75, 3.05) is 0 Å². The lowest BCUT2D eigenvalue weighted by molar-refractivity contribution is 0.644. The first-order valence-corrected chi connectivity index (χ1v) is 5.56. The van der Waals surface area contributed by atoms with Crippen LogP contribution in [0.3, 0.4) is 0 Å². The molecule has 0 aliphatic carbocycles. The Hall–Kier alpha value is -2.08. The van der Waals surface area contributed by atoms with Gasteiger partial charge in [-0.3, -0.25) is 4.98 Å². The van der Waals surface area contributed by atoms with E-state index in [-0.39, 0.29) is 0 Å². The summed E-state index contributed by atoms with van der Waals surface area (Å²) >= 11 is 5.04. The van der Waals surface area contributed by atoms with Gasteiger partial charge >= 0.3 is 0 Å². The molecule has 5 nitrogen and oxygen atoms in total. The van der Waals surface area contributed by atoms with E-state index in [1.807, 2.05) is 30.3 Å². The van der Waals surface area contributed by atoms with E-state index in [0.29, 0.717) is 11.3 Å². The van der Waals surface area contributed by atoms with E-state index in [9.17, 15) is 0 Å². The highest BCUT2D eigenvalue weighted by Crippen LogP contribution is 2.16. The van der Waals surface area contributed by atoms with Crippen molar-refractivity contribution in [1.29, 1.82) is 0 Å². The van der Waals surface area contributed by atoms with Gasteiger partial charge in [0.25, 0.3) is 0 Å².